The van der Waals surface area contributed by atoms with Gasteiger partial charge in [-0.1, -0.05) is 11.6 Å². The molecule has 0 unspecified atom stereocenters. The van der Waals surface area contributed by atoms with E-state index < -0.39 is 11.8 Å². The largest absolute Gasteiger partial charge is 0.462 e. The van der Waals surface area contributed by atoms with Crippen LogP contribution in [0.2, 0.25) is 5.02 Å². The van der Waals surface area contributed by atoms with Crippen molar-refractivity contribution in [2.45, 2.75) is 11.8 Å². The summed E-state index contributed by atoms with van der Waals surface area (Å²) >= 11 is 9.57. The van der Waals surface area contributed by atoms with Gasteiger partial charge < -0.3 is 4.74 Å². The van der Waals surface area contributed by atoms with Gasteiger partial charge in [0.05, 0.1) is 17.2 Å². The molecule has 0 atom stereocenters. The van der Waals surface area contributed by atoms with Gasteiger partial charge in [0.25, 0.3) is 0 Å². The Labute approximate surface area is 91.4 Å². The van der Waals surface area contributed by atoms with Crippen LogP contribution < -0.4 is 0 Å². The third-order valence-electron chi connectivity index (χ3n) is 1.53. The van der Waals surface area contributed by atoms with Gasteiger partial charge in [0.1, 0.15) is 5.82 Å². The second kappa shape index (κ2) is 4.66. The Morgan fingerprint density at radius 2 is 2.29 bits per heavy atom. The van der Waals surface area contributed by atoms with Gasteiger partial charge in [-0.15, -0.1) is 12.6 Å². The third-order valence-corrected chi connectivity index (χ3v) is 2.35. The maximum Gasteiger partial charge on any atom is 0.341 e. The summed E-state index contributed by atoms with van der Waals surface area (Å²) in [5, 5.41) is 0.166. The lowest BCUT2D eigenvalue weighted by atomic mass is 10.2. The predicted molar refractivity (Wildman–Crippen MR) is 54.6 cm³/mol. The molecule has 0 aliphatic carbocycles. The molecule has 0 fully saturated rings. The van der Waals surface area contributed by atoms with Crippen molar-refractivity contribution in [1.82, 2.24) is 0 Å². The van der Waals surface area contributed by atoms with Gasteiger partial charge in [-0.2, -0.15) is 0 Å². The number of carbonyl (C=O) groups excluding carboxylic acids is 1. The van der Waals surface area contributed by atoms with Gasteiger partial charge in [0.2, 0.25) is 0 Å². The Morgan fingerprint density at radius 1 is 1.64 bits per heavy atom. The van der Waals surface area contributed by atoms with Crippen LogP contribution in [0.25, 0.3) is 0 Å². The minimum atomic E-state index is -0.711. The lowest BCUT2D eigenvalue weighted by Gasteiger charge is -2.04. The molecule has 0 aliphatic heterocycles. The monoisotopic (exact) mass is 234 g/mol. The summed E-state index contributed by atoms with van der Waals surface area (Å²) in [5.41, 5.74) is -0.152. The second-order valence-corrected chi connectivity index (χ2v) is 3.39. The SMILES string of the molecule is CCOC(=O)c1cc(S)c(Cl)cc1F. The molecule has 0 saturated carbocycles. The molecule has 0 heterocycles. The zero-order valence-corrected chi connectivity index (χ0v) is 9.03. The van der Waals surface area contributed by atoms with E-state index in [0.29, 0.717) is 4.90 Å². The minimum Gasteiger partial charge on any atom is -0.462 e. The number of hydrogen-bond acceptors (Lipinski definition) is 3. The highest BCUT2D eigenvalue weighted by Crippen LogP contribution is 2.24. The van der Waals surface area contributed by atoms with Crippen LogP contribution in [0.4, 0.5) is 4.39 Å². The van der Waals surface area contributed by atoms with E-state index >= 15 is 0 Å². The van der Waals surface area contributed by atoms with Crippen molar-refractivity contribution in [2.75, 3.05) is 6.61 Å². The fraction of sp³-hybridized carbons (Fsp3) is 0.222. The van der Waals surface area contributed by atoms with Crippen LogP contribution in [0.5, 0.6) is 0 Å². The summed E-state index contributed by atoms with van der Waals surface area (Å²) in [6.07, 6.45) is 0. The van der Waals surface area contributed by atoms with Crippen molar-refractivity contribution >= 4 is 30.2 Å². The van der Waals surface area contributed by atoms with Gasteiger partial charge in [-0.25, -0.2) is 9.18 Å². The van der Waals surface area contributed by atoms with Crippen molar-refractivity contribution in [3.05, 3.63) is 28.5 Å². The quantitative estimate of drug-likeness (QED) is 0.629. The zero-order chi connectivity index (χ0) is 10.7. The number of benzene rings is 1. The smallest absolute Gasteiger partial charge is 0.341 e. The van der Waals surface area contributed by atoms with Crippen molar-refractivity contribution in [1.29, 1.82) is 0 Å². The molecule has 1 rings (SSSR count). The van der Waals surface area contributed by atoms with Crippen LogP contribution in [0.3, 0.4) is 0 Å². The maximum atomic E-state index is 13.2. The molecule has 1 aromatic rings. The predicted octanol–water partition coefficient (Wildman–Crippen LogP) is 2.94. The molecular formula is C9H8ClFO2S. The first-order chi connectivity index (χ1) is 6.56. The molecule has 0 saturated heterocycles. The van der Waals surface area contributed by atoms with Gasteiger partial charge >= 0.3 is 5.97 Å². The van der Waals surface area contributed by atoms with Crippen LogP contribution in [-0.2, 0) is 4.74 Å². The highest BCUT2D eigenvalue weighted by molar-refractivity contribution is 7.80. The average Bonchev–Trinajstić information content (AvgIpc) is 2.11. The second-order valence-electron chi connectivity index (χ2n) is 2.50. The number of thiol groups is 1. The van der Waals surface area contributed by atoms with Gasteiger partial charge in [-0.3, -0.25) is 0 Å². The van der Waals surface area contributed by atoms with E-state index in [1.54, 1.807) is 6.92 Å². The molecule has 1 aromatic carbocycles. The number of carbonyl (C=O) groups is 1. The van der Waals surface area contributed by atoms with E-state index in [0.717, 1.165) is 6.07 Å². The van der Waals surface area contributed by atoms with Gasteiger partial charge in [0.15, 0.2) is 0 Å². The summed E-state index contributed by atoms with van der Waals surface area (Å²) in [5.74, 6) is -1.41. The number of hydrogen-bond donors (Lipinski definition) is 1. The molecule has 0 amide bonds. The lowest BCUT2D eigenvalue weighted by molar-refractivity contribution is 0.0520. The maximum absolute atomic E-state index is 13.2. The lowest BCUT2D eigenvalue weighted by Crippen LogP contribution is -2.07. The molecule has 0 spiro atoms. The van der Waals surface area contributed by atoms with E-state index in [4.69, 9.17) is 11.6 Å². The first-order valence-corrected chi connectivity index (χ1v) is 4.74. The van der Waals surface area contributed by atoms with Crippen LogP contribution >= 0.6 is 24.2 Å². The molecule has 5 heteroatoms. The topological polar surface area (TPSA) is 26.3 Å². The van der Waals surface area contributed by atoms with E-state index in [1.165, 1.54) is 6.07 Å². The zero-order valence-electron chi connectivity index (χ0n) is 7.38. The van der Waals surface area contributed by atoms with E-state index in [1.807, 2.05) is 0 Å². The summed E-state index contributed by atoms with van der Waals surface area (Å²) in [6, 6.07) is 2.29. The Hall–Kier alpha value is -0.740. The molecular weight excluding hydrogens is 227 g/mol. The Bertz CT molecular complexity index is 368. The van der Waals surface area contributed by atoms with E-state index in [2.05, 4.69) is 17.4 Å². The third kappa shape index (κ3) is 2.39. The number of rotatable bonds is 2. The first-order valence-electron chi connectivity index (χ1n) is 3.91. The molecule has 14 heavy (non-hydrogen) atoms. The normalized spacial score (nSPS) is 10.0. The molecule has 0 aromatic heterocycles. The molecule has 2 nitrogen and oxygen atoms in total. The molecule has 0 N–H and O–H groups in total. The van der Waals surface area contributed by atoms with Gasteiger partial charge in [-0.05, 0) is 19.1 Å². The standard InChI is InChI=1S/C9H8ClFO2S/c1-2-13-9(12)5-3-8(14)6(10)4-7(5)11/h3-4,14H,2H2,1H3. The van der Waals surface area contributed by atoms with Crippen LogP contribution in [0, 0.1) is 5.82 Å². The Kier molecular flexibility index (Phi) is 3.77. The van der Waals surface area contributed by atoms with Crippen molar-refractivity contribution < 1.29 is 13.9 Å². The van der Waals surface area contributed by atoms with Crippen LogP contribution in [0.15, 0.2) is 17.0 Å². The molecule has 0 radical (unpaired) electrons. The minimum absolute atomic E-state index is 0.152. The Morgan fingerprint density at radius 3 is 2.86 bits per heavy atom. The van der Waals surface area contributed by atoms with Crippen LogP contribution in [0.1, 0.15) is 17.3 Å². The highest BCUT2D eigenvalue weighted by Gasteiger charge is 2.14. The van der Waals surface area contributed by atoms with Crippen molar-refractivity contribution in [3.63, 3.8) is 0 Å². The summed E-state index contributed by atoms with van der Waals surface area (Å²) in [7, 11) is 0. The van der Waals surface area contributed by atoms with Crippen molar-refractivity contribution in [3.8, 4) is 0 Å². The van der Waals surface area contributed by atoms with Crippen LogP contribution in [-0.4, -0.2) is 12.6 Å². The molecule has 0 bridgehead atoms. The summed E-state index contributed by atoms with van der Waals surface area (Å²) in [6.45, 7) is 1.84. The number of esters is 1. The molecule has 0 aliphatic rings. The fourth-order valence-corrected chi connectivity index (χ4v) is 1.25. The highest BCUT2D eigenvalue weighted by atomic mass is 35.5. The summed E-state index contributed by atoms with van der Waals surface area (Å²) < 4.78 is 17.8. The Balaban J connectivity index is 3.09. The number of ether oxygens (including phenoxy) is 1. The number of halogens is 2. The van der Waals surface area contributed by atoms with E-state index in [9.17, 15) is 9.18 Å². The van der Waals surface area contributed by atoms with Crippen molar-refractivity contribution in [2.24, 2.45) is 0 Å². The van der Waals surface area contributed by atoms with Gasteiger partial charge in [0, 0.05) is 4.90 Å². The van der Waals surface area contributed by atoms with E-state index in [-0.39, 0.29) is 17.2 Å². The fourth-order valence-electron chi connectivity index (χ4n) is 0.903. The molecule has 76 valence electrons. The summed E-state index contributed by atoms with van der Waals surface area (Å²) in [4.78, 5) is 11.5. The first kappa shape index (κ1) is 11.3. The average molecular weight is 235 g/mol.